The lowest BCUT2D eigenvalue weighted by atomic mass is 9.69. The van der Waals surface area contributed by atoms with Gasteiger partial charge in [0.25, 0.3) is 0 Å². The Morgan fingerprint density at radius 1 is 0.355 bits per heavy atom. The van der Waals surface area contributed by atoms with Crippen LogP contribution in [-0.2, 0) is 27.1 Å². The van der Waals surface area contributed by atoms with E-state index in [-0.39, 0.29) is 27.1 Å². The van der Waals surface area contributed by atoms with Gasteiger partial charge in [0, 0.05) is 39.4 Å². The number of fused-ring (bicyclic) bond motifs is 14. The summed E-state index contributed by atoms with van der Waals surface area (Å²) >= 11 is 0. The van der Waals surface area contributed by atoms with Gasteiger partial charge in [-0.15, -0.1) is 0 Å². The first-order valence-electron chi connectivity index (χ1n) is 28.0. The molecule has 0 bridgehead atoms. The van der Waals surface area contributed by atoms with Gasteiger partial charge < -0.3 is 9.80 Å². The normalized spacial score (nSPS) is 15.8. The van der Waals surface area contributed by atoms with Crippen LogP contribution >= 0.6 is 0 Å². The third-order valence-corrected chi connectivity index (χ3v) is 17.7. The van der Waals surface area contributed by atoms with Crippen molar-refractivity contribution in [1.29, 1.82) is 0 Å². The monoisotopic (exact) mass is 993 g/mol. The Morgan fingerprint density at radius 3 is 1.25 bits per heavy atom. The molecule has 382 valence electrons. The highest BCUT2D eigenvalue weighted by atomic mass is 15.2. The van der Waals surface area contributed by atoms with Gasteiger partial charge in [0.05, 0.1) is 11.1 Å². The fourth-order valence-corrected chi connectivity index (χ4v) is 13.5. The maximum absolute atomic E-state index is 2.67. The van der Waals surface area contributed by atoms with Crippen molar-refractivity contribution < 1.29 is 0 Å². The molecule has 4 aliphatic rings. The molecular weight excluding hydrogens is 917 g/mol. The molecule has 0 radical (unpaired) electrons. The van der Waals surface area contributed by atoms with Crippen LogP contribution in [0.1, 0.15) is 160 Å². The second kappa shape index (κ2) is 17.2. The van der Waals surface area contributed by atoms with Crippen molar-refractivity contribution in [2.45, 2.75) is 137 Å². The smallest absolute Gasteiger partial charge is 0.0727 e. The highest BCUT2D eigenvalue weighted by Gasteiger charge is 2.55. The van der Waals surface area contributed by atoms with E-state index >= 15 is 0 Å². The Hall–Kier alpha value is -7.16. The second-order valence-electron chi connectivity index (χ2n) is 27.0. The van der Waals surface area contributed by atoms with E-state index in [4.69, 9.17) is 0 Å². The summed E-state index contributed by atoms with van der Waals surface area (Å²) in [6.45, 7) is 32.8. The lowest BCUT2D eigenvalue weighted by molar-refractivity contribution is 0.479. The van der Waals surface area contributed by atoms with Gasteiger partial charge in [0.1, 0.15) is 0 Å². The fourth-order valence-electron chi connectivity index (χ4n) is 13.5. The minimum absolute atomic E-state index is 0.0250. The van der Waals surface area contributed by atoms with E-state index in [0.29, 0.717) is 0 Å². The summed E-state index contributed by atoms with van der Waals surface area (Å²) in [6.07, 6.45) is 6.85. The van der Waals surface area contributed by atoms with Crippen molar-refractivity contribution >= 4 is 28.4 Å². The first kappa shape index (κ1) is 49.7. The SMILES string of the molecule is CC(C)(C)C1=CC=C(N(c2ccc(C(C)(C)C)cc2)c2cc3c(c4c2-c2ccccc2C4(C)C)-c2ccc(N(c4ccc(C(C)(C)C)cc4)c4ccc(C(C)(C)C)cc4)cc2C32c3ccccc3-c3ccccc32)CC1. The van der Waals surface area contributed by atoms with Gasteiger partial charge in [-0.05, 0) is 173 Å². The van der Waals surface area contributed by atoms with Crippen LogP contribution in [0, 0.1) is 5.41 Å². The number of hydrogen-bond donors (Lipinski definition) is 0. The maximum atomic E-state index is 2.67. The molecule has 1 spiro atoms. The third kappa shape index (κ3) is 7.63. The van der Waals surface area contributed by atoms with Crippen LogP contribution in [0.3, 0.4) is 0 Å². The van der Waals surface area contributed by atoms with E-state index in [0.717, 1.165) is 29.9 Å². The Morgan fingerprint density at radius 2 is 0.789 bits per heavy atom. The number of rotatable bonds is 6. The average molecular weight is 993 g/mol. The van der Waals surface area contributed by atoms with E-state index in [1.807, 2.05) is 0 Å². The predicted molar refractivity (Wildman–Crippen MR) is 325 cm³/mol. The Labute approximate surface area is 454 Å². The molecule has 0 fully saturated rings. The summed E-state index contributed by atoms with van der Waals surface area (Å²) < 4.78 is 0. The van der Waals surface area contributed by atoms with Gasteiger partial charge in [-0.2, -0.15) is 0 Å². The van der Waals surface area contributed by atoms with Crippen LogP contribution < -0.4 is 9.80 Å². The van der Waals surface area contributed by atoms with Crippen molar-refractivity contribution in [1.82, 2.24) is 0 Å². The van der Waals surface area contributed by atoms with Gasteiger partial charge in [-0.3, -0.25) is 0 Å². The van der Waals surface area contributed by atoms with Gasteiger partial charge in [0.2, 0.25) is 0 Å². The van der Waals surface area contributed by atoms with Crippen LogP contribution in [0.2, 0.25) is 0 Å². The maximum Gasteiger partial charge on any atom is 0.0727 e. The zero-order valence-electron chi connectivity index (χ0n) is 47.6. The molecule has 0 atom stereocenters. The standard InChI is InChI=1S/C74H76N2/c1-69(2,3)47-27-35-51(36-28-47)75(52-37-29-48(30-38-52)70(4,5)6)55-43-44-59-63(45-55)74(61-25-19-15-21-56(61)57-22-16-20-26-62(57)74)64-46-65(67-58-23-17-18-24-60(58)73(13,14)68(67)66(59)64)76(53-39-31-49(32-40-53)71(7,8)9)54-41-33-50(34-42-54)72(10,11)12/h15-33,35-41,43-46H,34,42H2,1-14H3. The molecule has 0 N–H and O–H groups in total. The van der Waals surface area contributed by atoms with E-state index in [1.54, 1.807) is 0 Å². The van der Waals surface area contributed by atoms with Gasteiger partial charge >= 0.3 is 0 Å². The molecule has 2 nitrogen and oxygen atoms in total. The zero-order valence-corrected chi connectivity index (χ0v) is 47.6. The average Bonchev–Trinajstić information content (AvgIpc) is 4.18. The quantitative estimate of drug-likeness (QED) is 0.164. The molecule has 0 unspecified atom stereocenters. The minimum atomic E-state index is -0.623. The van der Waals surface area contributed by atoms with Crippen LogP contribution in [0.25, 0.3) is 33.4 Å². The van der Waals surface area contributed by atoms with Crippen LogP contribution in [0.5, 0.6) is 0 Å². The molecule has 0 saturated heterocycles. The Kier molecular flexibility index (Phi) is 11.2. The molecule has 0 heterocycles. The molecule has 0 saturated carbocycles. The molecule has 0 amide bonds. The summed E-state index contributed by atoms with van der Waals surface area (Å²) in [5.74, 6) is 0. The van der Waals surface area contributed by atoms with E-state index in [9.17, 15) is 0 Å². The zero-order chi connectivity index (χ0) is 53.5. The largest absolute Gasteiger partial charge is 0.314 e. The van der Waals surface area contributed by atoms with Crippen molar-refractivity contribution in [3.05, 3.63) is 243 Å². The van der Waals surface area contributed by atoms with Crippen LogP contribution in [0.15, 0.2) is 193 Å². The first-order valence-corrected chi connectivity index (χ1v) is 28.0. The number of nitrogens with zero attached hydrogens (tertiary/aromatic N) is 2. The summed E-state index contributed by atoms with van der Waals surface area (Å²) in [4.78, 5) is 5.16. The predicted octanol–water partition coefficient (Wildman–Crippen LogP) is 20.5. The van der Waals surface area contributed by atoms with Crippen molar-refractivity contribution in [2.75, 3.05) is 9.80 Å². The molecule has 12 rings (SSSR count). The summed E-state index contributed by atoms with van der Waals surface area (Å²) in [5.41, 5.74) is 28.1. The molecule has 8 aromatic carbocycles. The first-order chi connectivity index (χ1) is 36.0. The molecule has 0 aromatic heterocycles. The number of hydrogen-bond acceptors (Lipinski definition) is 2. The number of anilines is 5. The van der Waals surface area contributed by atoms with Crippen LogP contribution in [-0.4, -0.2) is 0 Å². The van der Waals surface area contributed by atoms with E-state index < -0.39 is 5.41 Å². The van der Waals surface area contributed by atoms with Crippen molar-refractivity contribution in [2.24, 2.45) is 5.41 Å². The van der Waals surface area contributed by atoms with Gasteiger partial charge in [-0.1, -0.05) is 224 Å². The summed E-state index contributed by atoms with van der Waals surface area (Å²) in [6, 6.07) is 66.2. The second-order valence-corrected chi connectivity index (χ2v) is 27.0. The fraction of sp³-hybridized carbons (Fsp3) is 0.297. The highest BCUT2D eigenvalue weighted by molar-refractivity contribution is 6.05. The molecule has 0 aliphatic heterocycles. The van der Waals surface area contributed by atoms with E-state index in [2.05, 4.69) is 289 Å². The Balaban J connectivity index is 1.19. The topological polar surface area (TPSA) is 6.48 Å². The summed E-state index contributed by atoms with van der Waals surface area (Å²) in [7, 11) is 0. The highest BCUT2D eigenvalue weighted by Crippen LogP contribution is 2.68. The minimum Gasteiger partial charge on any atom is -0.314 e. The number of allylic oxidation sites excluding steroid dienone is 4. The molecule has 76 heavy (non-hydrogen) atoms. The van der Waals surface area contributed by atoms with Crippen LogP contribution in [0.4, 0.5) is 28.4 Å². The van der Waals surface area contributed by atoms with Crippen molar-refractivity contribution in [3.8, 4) is 33.4 Å². The number of benzene rings is 8. The van der Waals surface area contributed by atoms with Gasteiger partial charge in [-0.25, -0.2) is 0 Å². The molecule has 2 heteroatoms. The molecular formula is C74H76N2. The third-order valence-electron chi connectivity index (χ3n) is 17.7. The molecule has 8 aromatic rings. The lowest BCUT2D eigenvalue weighted by Gasteiger charge is -2.37. The van der Waals surface area contributed by atoms with E-state index in [1.165, 1.54) is 106 Å². The lowest BCUT2D eigenvalue weighted by Crippen LogP contribution is -2.28. The summed E-state index contributed by atoms with van der Waals surface area (Å²) in [5, 5.41) is 0. The molecule has 4 aliphatic carbocycles. The van der Waals surface area contributed by atoms with Crippen molar-refractivity contribution in [3.63, 3.8) is 0 Å². The Bertz CT molecular complexity index is 3570. The van der Waals surface area contributed by atoms with Gasteiger partial charge in [0.15, 0.2) is 0 Å².